The maximum absolute atomic E-state index is 6.50. The number of pyridine rings is 1. The summed E-state index contributed by atoms with van der Waals surface area (Å²) >= 11 is 6.50. The van der Waals surface area contributed by atoms with Crippen molar-refractivity contribution in [2.45, 2.75) is 38.2 Å². The van der Waals surface area contributed by atoms with Crippen molar-refractivity contribution in [2.24, 2.45) is 0 Å². The Labute approximate surface area is 145 Å². The number of hydrogen-bond acceptors (Lipinski definition) is 4. The molecular weight excluding hydrogens is 324 g/mol. The number of nitrogens with one attached hydrogen (secondary N) is 1. The molecule has 3 heterocycles. The summed E-state index contributed by atoms with van der Waals surface area (Å²) in [6, 6.07) is 2.46. The minimum Gasteiger partial charge on any atom is -0.461 e. The molecule has 3 aliphatic rings. The summed E-state index contributed by atoms with van der Waals surface area (Å²) in [5.74, 6) is 0.814. The maximum Gasteiger partial charge on any atom is 0.296 e. The first kappa shape index (κ1) is 14.3. The first-order valence-electron chi connectivity index (χ1n) is 8.61. The number of rotatable bonds is 3. The van der Waals surface area contributed by atoms with Gasteiger partial charge in [-0.15, -0.1) is 0 Å². The third-order valence-corrected chi connectivity index (χ3v) is 5.42. The van der Waals surface area contributed by atoms with Gasteiger partial charge in [0.15, 0.2) is 11.5 Å². The van der Waals surface area contributed by atoms with Crippen molar-refractivity contribution in [1.82, 2.24) is 15.0 Å². The van der Waals surface area contributed by atoms with E-state index in [0.29, 0.717) is 22.8 Å². The Hall–Kier alpha value is -2.01. The predicted molar refractivity (Wildman–Crippen MR) is 94.8 cm³/mol. The van der Waals surface area contributed by atoms with Crippen LogP contribution in [0.25, 0.3) is 11.2 Å². The van der Waals surface area contributed by atoms with E-state index in [9.17, 15) is 0 Å². The Bertz CT molecular complexity index is 865. The first-order chi connectivity index (χ1) is 11.8. The van der Waals surface area contributed by atoms with E-state index < -0.39 is 0 Å². The number of H-pyrrole nitrogens is 1. The van der Waals surface area contributed by atoms with E-state index in [1.165, 1.54) is 17.6 Å². The van der Waals surface area contributed by atoms with Crippen LogP contribution in [-0.4, -0.2) is 34.1 Å². The van der Waals surface area contributed by atoms with Gasteiger partial charge in [-0.1, -0.05) is 23.8 Å². The Morgan fingerprint density at radius 3 is 2.96 bits per heavy atom. The minimum absolute atomic E-state index is 0.293. The molecule has 0 bridgehead atoms. The van der Waals surface area contributed by atoms with Crippen LogP contribution in [0.5, 0.6) is 6.01 Å². The van der Waals surface area contributed by atoms with Gasteiger partial charge in [0, 0.05) is 13.1 Å². The van der Waals surface area contributed by atoms with E-state index in [4.69, 9.17) is 21.3 Å². The monoisotopic (exact) mass is 342 g/mol. The molecule has 5 nitrogen and oxygen atoms in total. The lowest BCUT2D eigenvalue weighted by Crippen LogP contribution is -2.24. The topological polar surface area (TPSA) is 54.0 Å². The van der Waals surface area contributed by atoms with Crippen LogP contribution in [0.4, 0.5) is 5.82 Å². The zero-order valence-corrected chi connectivity index (χ0v) is 14.1. The number of ether oxygens (including phenoxy) is 1. The van der Waals surface area contributed by atoms with E-state index >= 15 is 0 Å². The van der Waals surface area contributed by atoms with Crippen LogP contribution in [-0.2, 0) is 0 Å². The summed E-state index contributed by atoms with van der Waals surface area (Å²) in [5.41, 5.74) is 4.42. The minimum atomic E-state index is 0.293. The number of anilines is 1. The third kappa shape index (κ3) is 2.38. The van der Waals surface area contributed by atoms with Gasteiger partial charge in [-0.3, -0.25) is 0 Å². The van der Waals surface area contributed by atoms with Crippen LogP contribution in [0.15, 0.2) is 29.4 Å². The lowest BCUT2D eigenvalue weighted by Gasteiger charge is -2.24. The molecule has 2 aromatic rings. The maximum atomic E-state index is 6.50. The molecule has 0 spiro atoms. The molecule has 0 radical (unpaired) electrons. The van der Waals surface area contributed by atoms with Gasteiger partial charge in [0.1, 0.15) is 6.10 Å². The van der Waals surface area contributed by atoms with Crippen LogP contribution in [0.2, 0.25) is 5.02 Å². The molecule has 124 valence electrons. The normalized spacial score (nSPS) is 20.6. The highest BCUT2D eigenvalue weighted by Gasteiger charge is 2.26. The second-order valence-corrected chi connectivity index (χ2v) is 7.21. The average molecular weight is 343 g/mol. The van der Waals surface area contributed by atoms with Gasteiger partial charge in [-0.05, 0) is 49.3 Å². The molecule has 0 atom stereocenters. The lowest BCUT2D eigenvalue weighted by molar-refractivity contribution is 0.110. The van der Waals surface area contributed by atoms with Crippen LogP contribution in [0.3, 0.4) is 0 Å². The number of aromatic amines is 1. The SMILES string of the molecule is Clc1cc2[nH]c(OC3CCC3)nc2nc1N1CC2=C(CCC=C2)C1. The number of allylic oxidation sites excluding steroid dienone is 1. The van der Waals surface area contributed by atoms with Crippen molar-refractivity contribution in [1.29, 1.82) is 0 Å². The van der Waals surface area contributed by atoms with Gasteiger partial charge in [-0.25, -0.2) is 4.98 Å². The highest BCUT2D eigenvalue weighted by molar-refractivity contribution is 6.33. The van der Waals surface area contributed by atoms with Crippen molar-refractivity contribution >= 4 is 28.6 Å². The molecule has 1 saturated carbocycles. The van der Waals surface area contributed by atoms with Gasteiger partial charge in [-0.2, -0.15) is 4.98 Å². The zero-order chi connectivity index (χ0) is 16.1. The first-order valence-corrected chi connectivity index (χ1v) is 8.99. The van der Waals surface area contributed by atoms with Gasteiger partial charge in [0.25, 0.3) is 6.01 Å². The highest BCUT2D eigenvalue weighted by atomic mass is 35.5. The van der Waals surface area contributed by atoms with Crippen LogP contribution >= 0.6 is 11.6 Å². The van der Waals surface area contributed by atoms with E-state index in [1.54, 1.807) is 0 Å². The quantitative estimate of drug-likeness (QED) is 0.915. The lowest BCUT2D eigenvalue weighted by atomic mass is 9.96. The number of imidazole rings is 1. The zero-order valence-electron chi connectivity index (χ0n) is 13.4. The summed E-state index contributed by atoms with van der Waals surface area (Å²) in [6.45, 7) is 1.79. The van der Waals surface area contributed by atoms with Gasteiger partial charge in [0.05, 0.1) is 10.5 Å². The van der Waals surface area contributed by atoms with Crippen molar-refractivity contribution in [3.8, 4) is 6.01 Å². The molecule has 24 heavy (non-hydrogen) atoms. The fraction of sp³-hybridized carbons (Fsp3) is 0.444. The molecule has 1 aliphatic heterocycles. The summed E-state index contributed by atoms with van der Waals surface area (Å²) in [6.07, 6.45) is 10.5. The fourth-order valence-electron chi connectivity index (χ4n) is 3.56. The molecule has 0 unspecified atom stereocenters. The standard InChI is InChI=1S/C18H19ClN4O/c19-14-8-15-16(22-18(20-15)24-13-6-3-7-13)21-17(14)23-9-11-4-1-2-5-12(11)10-23/h1,4,8,13H,2-3,5-7,9-10H2,(H,20,21,22). The van der Waals surface area contributed by atoms with E-state index in [0.717, 1.165) is 50.1 Å². The summed E-state index contributed by atoms with van der Waals surface area (Å²) < 4.78 is 5.84. The summed E-state index contributed by atoms with van der Waals surface area (Å²) in [5, 5.41) is 0.658. The predicted octanol–water partition coefficient (Wildman–Crippen LogP) is 4.01. The van der Waals surface area contributed by atoms with Gasteiger partial charge < -0.3 is 14.6 Å². The molecule has 1 fully saturated rings. The average Bonchev–Trinajstić information content (AvgIpc) is 3.12. The van der Waals surface area contributed by atoms with Crippen LogP contribution in [0, 0.1) is 0 Å². The van der Waals surface area contributed by atoms with Crippen molar-refractivity contribution < 1.29 is 4.74 Å². The van der Waals surface area contributed by atoms with Crippen LogP contribution in [0.1, 0.15) is 32.1 Å². The number of nitrogens with zero attached hydrogens (tertiary/aromatic N) is 3. The molecule has 6 heteroatoms. The second-order valence-electron chi connectivity index (χ2n) is 6.80. The third-order valence-electron chi connectivity index (χ3n) is 5.15. The molecule has 2 aliphatic carbocycles. The molecule has 0 saturated heterocycles. The van der Waals surface area contributed by atoms with Gasteiger partial charge in [0.2, 0.25) is 0 Å². The Balaban J connectivity index is 1.43. The van der Waals surface area contributed by atoms with E-state index in [2.05, 4.69) is 27.0 Å². The Morgan fingerprint density at radius 2 is 2.17 bits per heavy atom. The second kappa shape index (κ2) is 5.52. The summed E-state index contributed by atoms with van der Waals surface area (Å²) in [7, 11) is 0. The fourth-order valence-corrected chi connectivity index (χ4v) is 3.83. The van der Waals surface area contributed by atoms with Crippen molar-refractivity contribution in [3.05, 3.63) is 34.4 Å². The number of aromatic nitrogens is 3. The Morgan fingerprint density at radius 1 is 1.25 bits per heavy atom. The largest absolute Gasteiger partial charge is 0.461 e. The molecule has 0 amide bonds. The summed E-state index contributed by atoms with van der Waals surface area (Å²) in [4.78, 5) is 14.6. The number of fused-ring (bicyclic) bond motifs is 1. The molecule has 1 N–H and O–H groups in total. The van der Waals surface area contributed by atoms with E-state index in [-0.39, 0.29) is 0 Å². The van der Waals surface area contributed by atoms with Gasteiger partial charge >= 0.3 is 0 Å². The molecular formula is C18H19ClN4O. The molecule has 2 aromatic heterocycles. The molecule has 0 aromatic carbocycles. The van der Waals surface area contributed by atoms with Crippen molar-refractivity contribution in [3.63, 3.8) is 0 Å². The number of halogens is 1. The highest BCUT2D eigenvalue weighted by Crippen LogP contribution is 2.34. The number of hydrogen-bond donors (Lipinski definition) is 1. The van der Waals surface area contributed by atoms with Crippen LogP contribution < -0.4 is 9.64 Å². The van der Waals surface area contributed by atoms with E-state index in [1.807, 2.05) is 6.07 Å². The van der Waals surface area contributed by atoms with Crippen molar-refractivity contribution in [2.75, 3.05) is 18.0 Å². The Kier molecular flexibility index (Phi) is 3.30. The smallest absolute Gasteiger partial charge is 0.296 e. The molecule has 5 rings (SSSR count).